The molecule has 0 aromatic heterocycles. The second-order valence-corrected chi connectivity index (χ2v) is 9.34. The van der Waals surface area contributed by atoms with Crippen molar-refractivity contribution in [3.63, 3.8) is 0 Å². The Morgan fingerprint density at radius 3 is 0.696 bits per heavy atom. The molecule has 38 heteroatoms. The van der Waals surface area contributed by atoms with E-state index in [-0.39, 0.29) is 0 Å². The second kappa shape index (κ2) is 14.8. The first-order chi connectivity index (χ1) is 23.9. The molecule has 0 N–H and O–H groups in total. The van der Waals surface area contributed by atoms with Crippen molar-refractivity contribution in [3.05, 3.63) is 0 Å². The molecule has 0 saturated carbocycles. The Balaban J connectivity index is 6.70. The van der Waals surface area contributed by atoms with E-state index in [1.165, 1.54) is 0 Å². The maximum Gasteiger partial charge on any atom is 0.462 e. The average Bonchev–Trinajstić information content (AvgIpc) is 2.92. The molecule has 0 saturated heterocycles. The Bertz CT molecular complexity index is 1290. The number of halogens is 30. The number of carbonyl (C=O) groups excluding carboxylic acids is 2. The van der Waals surface area contributed by atoms with Gasteiger partial charge in [-0.15, -0.1) is 0 Å². The molecule has 0 aromatic rings. The zero-order valence-electron chi connectivity index (χ0n) is 24.0. The highest BCUT2D eigenvalue weighted by atomic mass is 19.5. The summed E-state index contributed by atoms with van der Waals surface area (Å²) in [6.07, 6.45) is -62.0. The Morgan fingerprint density at radius 1 is 0.321 bits per heavy atom. The van der Waals surface area contributed by atoms with E-state index in [0.717, 1.165) is 0 Å². The summed E-state index contributed by atoms with van der Waals surface area (Å²) < 4.78 is 397. The minimum atomic E-state index is -7.95. The van der Waals surface area contributed by atoms with Gasteiger partial charge in [0.1, 0.15) is 13.2 Å². The van der Waals surface area contributed by atoms with Crippen LogP contribution in [0.3, 0.4) is 0 Å². The van der Waals surface area contributed by atoms with Gasteiger partial charge in [0.25, 0.3) is 0 Å². The Morgan fingerprint density at radius 2 is 0.536 bits per heavy atom. The topological polar surface area (TPSA) is 89.5 Å². The highest BCUT2D eigenvalue weighted by Crippen LogP contribution is 2.53. The maximum atomic E-state index is 14.4. The first-order valence-electron chi connectivity index (χ1n) is 11.7. The van der Waals surface area contributed by atoms with Gasteiger partial charge in [-0.2, -0.15) is 132 Å². The molecular formula is C18H4F30O8. The van der Waals surface area contributed by atoms with E-state index in [1.807, 2.05) is 0 Å². The van der Waals surface area contributed by atoms with E-state index in [4.69, 9.17) is 0 Å². The number of carbonyl (C=O) groups is 2. The van der Waals surface area contributed by atoms with E-state index in [9.17, 15) is 141 Å². The van der Waals surface area contributed by atoms with Crippen molar-refractivity contribution < 1.29 is 170 Å². The molecule has 0 rings (SSSR count). The molecule has 0 aromatic carbocycles. The minimum Gasteiger partial charge on any atom is -0.324 e. The third-order valence-electron chi connectivity index (χ3n) is 5.23. The second-order valence-electron chi connectivity index (χ2n) is 9.34. The van der Waals surface area contributed by atoms with Gasteiger partial charge < -0.3 is 9.47 Å². The maximum absolute atomic E-state index is 14.4. The van der Waals surface area contributed by atoms with Crippen LogP contribution in [0.25, 0.3) is 0 Å². The summed E-state index contributed by atoms with van der Waals surface area (Å²) in [5, 5.41) is 0. The third-order valence-corrected chi connectivity index (χ3v) is 5.23. The lowest BCUT2D eigenvalue weighted by Crippen LogP contribution is -2.62. The van der Waals surface area contributed by atoms with E-state index in [1.54, 1.807) is 9.47 Å². The van der Waals surface area contributed by atoms with E-state index >= 15 is 0 Å². The predicted molar refractivity (Wildman–Crippen MR) is 97.7 cm³/mol. The molecule has 0 bridgehead atoms. The Hall–Kier alpha value is -3.32. The van der Waals surface area contributed by atoms with Crippen molar-refractivity contribution >= 4 is 11.9 Å². The first kappa shape index (κ1) is 52.7. The molecule has 8 nitrogen and oxygen atoms in total. The fourth-order valence-electron chi connectivity index (χ4n) is 2.28. The molecule has 56 heavy (non-hydrogen) atoms. The molecule has 4 atom stereocenters. The number of hydrogen-bond acceptors (Lipinski definition) is 8. The first-order valence-corrected chi connectivity index (χ1v) is 11.7. The van der Waals surface area contributed by atoms with Gasteiger partial charge in [-0.1, -0.05) is 0 Å². The van der Waals surface area contributed by atoms with Crippen molar-refractivity contribution in [1.82, 2.24) is 0 Å². The number of ether oxygens (including phenoxy) is 4. The quantitative estimate of drug-likeness (QED) is 0.0974. The molecule has 334 valence electrons. The van der Waals surface area contributed by atoms with Crippen LogP contribution in [0.1, 0.15) is 0 Å². The van der Waals surface area contributed by atoms with Crippen LogP contribution in [0.15, 0.2) is 0 Å². The molecule has 0 heterocycles. The van der Waals surface area contributed by atoms with Crippen LogP contribution in [0.2, 0.25) is 0 Å². The standard InChI is InChI=1S/C18H4F30O8/c19-5(11(27,28)29,55-17(45,46)9(23,24)15(39,40)41)1-51-7(21,13(33,34)35)3(49)53-54-4(50)8(22,14(36,37)38)52-2-6(20,12(30,31)32)56-18(47,48)10(25,26)16(42,43)44/h1-2H2. The highest BCUT2D eigenvalue weighted by Gasteiger charge is 2.81. The zero-order chi connectivity index (χ0) is 45.8. The molecule has 0 aliphatic rings. The summed E-state index contributed by atoms with van der Waals surface area (Å²) in [5.41, 5.74) is 0. The smallest absolute Gasteiger partial charge is 0.324 e. The third kappa shape index (κ3) is 10.0. The van der Waals surface area contributed by atoms with Crippen molar-refractivity contribution in [2.45, 2.75) is 84.5 Å². The fraction of sp³-hybridized carbons (Fsp3) is 0.889. The summed E-state index contributed by atoms with van der Waals surface area (Å²) >= 11 is 0. The van der Waals surface area contributed by atoms with Gasteiger partial charge in [0.15, 0.2) is 0 Å². The van der Waals surface area contributed by atoms with Crippen molar-refractivity contribution in [1.29, 1.82) is 0 Å². The fourth-order valence-corrected chi connectivity index (χ4v) is 2.28. The van der Waals surface area contributed by atoms with Gasteiger partial charge in [-0.3, -0.25) is 9.47 Å². The van der Waals surface area contributed by atoms with Gasteiger partial charge in [-0.25, -0.2) is 19.4 Å². The predicted octanol–water partition coefficient (Wildman–Crippen LogP) is 8.55. The largest absolute Gasteiger partial charge is 0.462 e. The van der Waals surface area contributed by atoms with Crippen LogP contribution in [0, 0.1) is 0 Å². The van der Waals surface area contributed by atoms with E-state index in [0.29, 0.717) is 0 Å². The van der Waals surface area contributed by atoms with Crippen LogP contribution in [0.4, 0.5) is 132 Å². The van der Waals surface area contributed by atoms with Gasteiger partial charge in [0, 0.05) is 0 Å². The van der Waals surface area contributed by atoms with Crippen LogP contribution in [-0.4, -0.2) is 110 Å². The van der Waals surface area contributed by atoms with Crippen LogP contribution >= 0.6 is 0 Å². The van der Waals surface area contributed by atoms with Gasteiger partial charge >= 0.3 is 96.5 Å². The molecule has 4 unspecified atom stereocenters. The van der Waals surface area contributed by atoms with Gasteiger partial charge in [0.2, 0.25) is 0 Å². The molecule has 0 spiro atoms. The summed E-state index contributed by atoms with van der Waals surface area (Å²) in [7, 11) is 0. The van der Waals surface area contributed by atoms with Gasteiger partial charge in [0.05, 0.1) is 0 Å². The molecule has 0 aliphatic carbocycles. The summed E-state index contributed by atoms with van der Waals surface area (Å²) in [4.78, 5) is 27.2. The average molecular weight is 918 g/mol. The molecule has 0 radical (unpaired) electrons. The number of rotatable bonds is 14. The van der Waals surface area contributed by atoms with Crippen molar-refractivity contribution in [3.8, 4) is 0 Å². The van der Waals surface area contributed by atoms with Crippen molar-refractivity contribution in [2.75, 3.05) is 13.2 Å². The molecular weight excluding hydrogens is 914 g/mol. The summed E-state index contributed by atoms with van der Waals surface area (Å²) in [5.74, 6) is -54.6. The van der Waals surface area contributed by atoms with Crippen LogP contribution in [0.5, 0.6) is 0 Å². The van der Waals surface area contributed by atoms with Crippen LogP contribution < -0.4 is 0 Å². The summed E-state index contributed by atoms with van der Waals surface area (Å²) in [6.45, 7) is -9.16. The van der Waals surface area contributed by atoms with Crippen molar-refractivity contribution in [2.24, 2.45) is 0 Å². The highest BCUT2D eigenvalue weighted by molar-refractivity contribution is 5.82. The SMILES string of the molecule is O=C(OOC(=O)C(F)(OCC(F)(OC(F)(F)C(F)(F)C(F)(F)F)C(F)(F)F)C(F)(F)F)C(F)(OCC(F)(OC(F)(F)C(F)(F)C(F)(F)F)C(F)(F)F)C(F)(F)F. The number of alkyl halides is 30. The minimum absolute atomic E-state index is 1.55. The van der Waals surface area contributed by atoms with Crippen LogP contribution in [-0.2, 0) is 38.3 Å². The van der Waals surface area contributed by atoms with E-state index < -0.39 is 110 Å². The lowest BCUT2D eigenvalue weighted by atomic mass is 10.2. The Kier molecular flexibility index (Phi) is 13.9. The molecule has 0 aliphatic heterocycles. The van der Waals surface area contributed by atoms with E-state index in [2.05, 4.69) is 19.2 Å². The monoisotopic (exact) mass is 918 g/mol. The molecule has 0 fully saturated rings. The molecule has 0 amide bonds. The number of hydrogen-bond donors (Lipinski definition) is 0. The lowest BCUT2D eigenvalue weighted by Gasteiger charge is -2.36. The van der Waals surface area contributed by atoms with Gasteiger partial charge in [-0.05, 0) is 0 Å². The Labute approximate surface area is 281 Å². The lowest BCUT2D eigenvalue weighted by molar-refractivity contribution is -0.491. The zero-order valence-corrected chi connectivity index (χ0v) is 24.0. The normalized spacial score (nSPS) is 19.3. The summed E-state index contributed by atoms with van der Waals surface area (Å²) in [6, 6.07) is 0.